The van der Waals surface area contributed by atoms with E-state index < -0.39 is 22.5 Å². The highest BCUT2D eigenvalue weighted by Gasteiger charge is 2.29. The molecule has 1 fully saturated rings. The van der Waals surface area contributed by atoms with Gasteiger partial charge in [0.2, 0.25) is 10.0 Å². The van der Waals surface area contributed by atoms with Gasteiger partial charge in [-0.05, 0) is 49.2 Å². The van der Waals surface area contributed by atoms with E-state index in [1.165, 1.54) is 47.8 Å². The molecular formula is C21H23ClF2N2O5S. The highest BCUT2D eigenvalue weighted by molar-refractivity contribution is 7.89. The number of nitrogens with one attached hydrogen (secondary N) is 1. The molecule has 174 valence electrons. The Morgan fingerprint density at radius 3 is 2.31 bits per heavy atom. The molecule has 0 saturated carbocycles. The Balaban J connectivity index is 1.86. The Hall–Kier alpha value is -2.43. The van der Waals surface area contributed by atoms with E-state index in [2.05, 4.69) is 10.1 Å². The number of carbonyl (C=O) groups is 1. The van der Waals surface area contributed by atoms with Crippen LogP contribution in [0, 0.1) is 0 Å². The van der Waals surface area contributed by atoms with Gasteiger partial charge in [-0.1, -0.05) is 24.4 Å². The molecule has 11 heteroatoms. The van der Waals surface area contributed by atoms with Gasteiger partial charge in [-0.2, -0.15) is 13.1 Å². The predicted molar refractivity (Wildman–Crippen MR) is 116 cm³/mol. The van der Waals surface area contributed by atoms with Crippen LogP contribution >= 0.6 is 11.6 Å². The molecule has 1 amide bonds. The third-order valence-electron chi connectivity index (χ3n) is 5.01. The van der Waals surface area contributed by atoms with E-state index in [9.17, 15) is 22.0 Å². The Kier molecular flexibility index (Phi) is 7.91. The molecule has 1 heterocycles. The second-order valence-corrected chi connectivity index (χ2v) is 9.48. The van der Waals surface area contributed by atoms with Crippen molar-refractivity contribution in [1.29, 1.82) is 0 Å². The third-order valence-corrected chi connectivity index (χ3v) is 7.23. The summed E-state index contributed by atoms with van der Waals surface area (Å²) < 4.78 is 62.2. The van der Waals surface area contributed by atoms with E-state index in [0.29, 0.717) is 13.1 Å². The lowest BCUT2D eigenvalue weighted by Gasteiger charge is -2.21. The fourth-order valence-electron chi connectivity index (χ4n) is 3.41. The summed E-state index contributed by atoms with van der Waals surface area (Å²) in [7, 11) is -2.50. The SMILES string of the molecule is COc1ccc(C(=O)Nc2ccc(OC(F)F)c(Cl)c2)cc1S(=O)(=O)N1CCCCCC1. The number of sulfonamides is 1. The Labute approximate surface area is 190 Å². The number of halogens is 3. The van der Waals surface area contributed by atoms with Gasteiger partial charge in [0.25, 0.3) is 5.91 Å². The van der Waals surface area contributed by atoms with Crippen molar-refractivity contribution in [3.05, 3.63) is 47.0 Å². The molecule has 1 aliphatic heterocycles. The van der Waals surface area contributed by atoms with Crippen LogP contribution in [0.5, 0.6) is 11.5 Å². The Bertz CT molecular complexity index is 1070. The zero-order valence-electron chi connectivity index (χ0n) is 17.3. The monoisotopic (exact) mass is 488 g/mol. The lowest BCUT2D eigenvalue weighted by Crippen LogP contribution is -2.32. The summed E-state index contributed by atoms with van der Waals surface area (Å²) in [5.74, 6) is -0.684. The first-order valence-electron chi connectivity index (χ1n) is 9.96. The fraction of sp³-hybridized carbons (Fsp3) is 0.381. The lowest BCUT2D eigenvalue weighted by atomic mass is 10.2. The number of methoxy groups -OCH3 is 1. The number of anilines is 1. The number of carbonyl (C=O) groups excluding carboxylic acids is 1. The largest absolute Gasteiger partial charge is 0.495 e. The van der Waals surface area contributed by atoms with E-state index in [1.807, 2.05) is 0 Å². The summed E-state index contributed by atoms with van der Waals surface area (Å²) in [6.07, 6.45) is 3.48. The number of amides is 1. The normalized spacial score (nSPS) is 15.3. The fourth-order valence-corrected chi connectivity index (χ4v) is 5.34. The molecule has 7 nitrogen and oxygen atoms in total. The molecule has 0 aromatic heterocycles. The molecule has 1 saturated heterocycles. The first-order chi connectivity index (χ1) is 15.2. The van der Waals surface area contributed by atoms with E-state index in [4.69, 9.17) is 16.3 Å². The lowest BCUT2D eigenvalue weighted by molar-refractivity contribution is -0.0497. The maximum atomic E-state index is 13.2. The molecule has 0 bridgehead atoms. The van der Waals surface area contributed by atoms with Gasteiger partial charge in [-0.25, -0.2) is 8.42 Å². The molecule has 0 radical (unpaired) electrons. The van der Waals surface area contributed by atoms with Crippen LogP contribution in [0.25, 0.3) is 0 Å². The van der Waals surface area contributed by atoms with Gasteiger partial charge in [-0.15, -0.1) is 0 Å². The van der Waals surface area contributed by atoms with Gasteiger partial charge in [-0.3, -0.25) is 4.79 Å². The van der Waals surface area contributed by atoms with Crippen LogP contribution in [0.15, 0.2) is 41.3 Å². The number of rotatable bonds is 7. The molecular weight excluding hydrogens is 466 g/mol. The van der Waals surface area contributed by atoms with Crippen LogP contribution in [-0.4, -0.2) is 45.4 Å². The van der Waals surface area contributed by atoms with Gasteiger partial charge in [0, 0.05) is 24.3 Å². The number of nitrogens with zero attached hydrogens (tertiary/aromatic N) is 1. The van der Waals surface area contributed by atoms with Crippen LogP contribution in [-0.2, 0) is 10.0 Å². The van der Waals surface area contributed by atoms with E-state index in [0.717, 1.165) is 25.7 Å². The first-order valence-corrected chi connectivity index (χ1v) is 11.8. The van der Waals surface area contributed by atoms with E-state index in [1.54, 1.807) is 0 Å². The minimum atomic E-state index is -3.86. The highest BCUT2D eigenvalue weighted by atomic mass is 35.5. The third kappa shape index (κ3) is 5.67. The second kappa shape index (κ2) is 10.5. The van der Waals surface area contributed by atoms with Gasteiger partial charge in [0.1, 0.15) is 16.4 Å². The molecule has 3 rings (SSSR count). The van der Waals surface area contributed by atoms with Gasteiger partial charge in [0.15, 0.2) is 0 Å². The average molecular weight is 489 g/mol. The summed E-state index contributed by atoms with van der Waals surface area (Å²) in [6.45, 7) is -2.21. The van der Waals surface area contributed by atoms with Crippen molar-refractivity contribution >= 4 is 33.2 Å². The zero-order chi connectivity index (χ0) is 23.3. The Morgan fingerprint density at radius 2 is 1.72 bits per heavy atom. The number of hydrogen-bond donors (Lipinski definition) is 1. The standard InChI is InChI=1S/C21H23ClF2N2O5S/c1-30-18-8-6-14(12-19(18)32(28,29)26-10-4-2-3-5-11-26)20(27)25-15-7-9-17(16(22)13-15)31-21(23)24/h6-9,12-13,21H,2-5,10-11H2,1H3,(H,25,27). The molecule has 32 heavy (non-hydrogen) atoms. The summed E-state index contributed by atoms with van der Waals surface area (Å²) >= 11 is 5.92. The molecule has 1 aliphatic rings. The number of benzene rings is 2. The van der Waals surface area contributed by atoms with Crippen molar-refractivity contribution in [2.45, 2.75) is 37.2 Å². The maximum Gasteiger partial charge on any atom is 0.387 e. The van der Waals surface area contributed by atoms with E-state index in [-0.39, 0.29) is 32.7 Å². The van der Waals surface area contributed by atoms with E-state index >= 15 is 0 Å². The highest BCUT2D eigenvalue weighted by Crippen LogP contribution is 2.31. The van der Waals surface area contributed by atoms with Crippen molar-refractivity contribution in [1.82, 2.24) is 4.31 Å². The Morgan fingerprint density at radius 1 is 1.06 bits per heavy atom. The number of ether oxygens (including phenoxy) is 2. The summed E-state index contributed by atoms with van der Waals surface area (Å²) in [6, 6.07) is 7.94. The van der Waals surface area contributed by atoms with Crippen molar-refractivity contribution in [2.24, 2.45) is 0 Å². The zero-order valence-corrected chi connectivity index (χ0v) is 18.9. The maximum absolute atomic E-state index is 13.2. The number of alkyl halides is 2. The molecule has 0 unspecified atom stereocenters. The smallest absolute Gasteiger partial charge is 0.387 e. The molecule has 2 aromatic carbocycles. The minimum Gasteiger partial charge on any atom is -0.495 e. The first kappa shape index (κ1) is 24.2. The van der Waals surface area contributed by atoms with Crippen molar-refractivity contribution in [3.8, 4) is 11.5 Å². The van der Waals surface area contributed by atoms with Crippen molar-refractivity contribution in [3.63, 3.8) is 0 Å². The van der Waals surface area contributed by atoms with Crippen LogP contribution in [0.3, 0.4) is 0 Å². The topological polar surface area (TPSA) is 84.9 Å². The molecule has 0 spiro atoms. The quantitative estimate of drug-likeness (QED) is 0.607. The number of hydrogen-bond acceptors (Lipinski definition) is 5. The summed E-state index contributed by atoms with van der Waals surface area (Å²) in [5, 5.41) is 2.46. The van der Waals surface area contributed by atoms with Crippen molar-refractivity contribution in [2.75, 3.05) is 25.5 Å². The minimum absolute atomic E-state index is 0.0863. The van der Waals surface area contributed by atoms with Crippen LogP contribution in [0.1, 0.15) is 36.0 Å². The molecule has 0 atom stereocenters. The average Bonchev–Trinajstić information content (AvgIpc) is 3.05. The summed E-state index contributed by atoms with van der Waals surface area (Å²) in [4.78, 5) is 12.7. The van der Waals surface area contributed by atoms with Gasteiger partial charge in [0.05, 0.1) is 12.1 Å². The summed E-state index contributed by atoms with van der Waals surface area (Å²) in [5.41, 5.74) is 0.317. The van der Waals surface area contributed by atoms with Crippen LogP contribution < -0.4 is 14.8 Å². The molecule has 0 aliphatic carbocycles. The molecule has 1 N–H and O–H groups in total. The van der Waals surface area contributed by atoms with Crippen molar-refractivity contribution < 1.29 is 31.5 Å². The molecule has 2 aromatic rings. The second-order valence-electron chi connectivity index (χ2n) is 7.16. The van der Waals surface area contributed by atoms with Gasteiger partial charge < -0.3 is 14.8 Å². The predicted octanol–water partition coefficient (Wildman–Crippen LogP) is 4.77. The van der Waals surface area contributed by atoms with Crippen LogP contribution in [0.4, 0.5) is 14.5 Å². The van der Waals surface area contributed by atoms with Crippen LogP contribution in [0.2, 0.25) is 5.02 Å². The van der Waals surface area contributed by atoms with Gasteiger partial charge >= 0.3 is 6.61 Å².